The van der Waals surface area contributed by atoms with Gasteiger partial charge >= 0.3 is 0 Å². The molecule has 0 aliphatic heterocycles. The number of ether oxygens (including phenoxy) is 2. The van der Waals surface area contributed by atoms with Crippen molar-refractivity contribution in [1.82, 2.24) is 9.97 Å². The second-order valence-electron chi connectivity index (χ2n) is 4.35. The molecule has 0 aliphatic rings. The molecule has 1 N–H and O–H groups in total. The van der Waals surface area contributed by atoms with Crippen LogP contribution in [-0.2, 0) is 15.9 Å². The molecule has 0 radical (unpaired) electrons. The summed E-state index contributed by atoms with van der Waals surface area (Å²) in [6, 6.07) is 1.99. The molecule has 1 heterocycles. The van der Waals surface area contributed by atoms with Gasteiger partial charge in [0.05, 0.1) is 19.8 Å². The average Bonchev–Trinajstić information content (AvgIpc) is 2.38. The minimum Gasteiger partial charge on any atom is -0.382 e. The zero-order chi connectivity index (χ0) is 13.4. The van der Waals surface area contributed by atoms with Crippen molar-refractivity contribution in [2.75, 3.05) is 39.3 Å². The van der Waals surface area contributed by atoms with E-state index in [0.29, 0.717) is 25.7 Å². The van der Waals surface area contributed by atoms with Crippen LogP contribution in [0.1, 0.15) is 31.3 Å². The number of methoxy groups -OCH3 is 1. The molecule has 102 valence electrons. The molecule has 1 rings (SSSR count). The first-order chi connectivity index (χ1) is 8.67. The monoisotopic (exact) mass is 253 g/mol. The third-order valence-electron chi connectivity index (χ3n) is 2.54. The number of aromatic nitrogens is 2. The average molecular weight is 253 g/mol. The molecule has 0 amide bonds. The molecule has 0 bridgehead atoms. The van der Waals surface area contributed by atoms with Gasteiger partial charge in [-0.1, -0.05) is 13.8 Å². The molecule has 0 unspecified atom stereocenters. The van der Waals surface area contributed by atoms with E-state index in [0.717, 1.165) is 23.8 Å². The van der Waals surface area contributed by atoms with E-state index < -0.39 is 0 Å². The maximum Gasteiger partial charge on any atom is 0.133 e. The lowest BCUT2D eigenvalue weighted by Crippen LogP contribution is -2.09. The van der Waals surface area contributed by atoms with Gasteiger partial charge in [0.15, 0.2) is 0 Å². The maximum atomic E-state index is 5.43. The van der Waals surface area contributed by atoms with E-state index in [9.17, 15) is 0 Å². The molecule has 0 aromatic carbocycles. The normalized spacial score (nSPS) is 10.9. The van der Waals surface area contributed by atoms with Crippen LogP contribution in [0.25, 0.3) is 0 Å². The van der Waals surface area contributed by atoms with E-state index in [4.69, 9.17) is 9.47 Å². The minimum absolute atomic E-state index is 0.397. The fourth-order valence-corrected chi connectivity index (χ4v) is 1.46. The van der Waals surface area contributed by atoms with Gasteiger partial charge in [-0.15, -0.1) is 0 Å². The van der Waals surface area contributed by atoms with Crippen molar-refractivity contribution in [3.8, 4) is 0 Å². The summed E-state index contributed by atoms with van der Waals surface area (Å²) in [4.78, 5) is 8.95. The predicted octanol–water partition coefficient (Wildman–Crippen LogP) is 1.85. The van der Waals surface area contributed by atoms with Crippen molar-refractivity contribution in [3.05, 3.63) is 17.6 Å². The van der Waals surface area contributed by atoms with Crippen LogP contribution < -0.4 is 5.32 Å². The molecule has 0 atom stereocenters. The summed E-state index contributed by atoms with van der Waals surface area (Å²) in [5.74, 6) is 2.08. The van der Waals surface area contributed by atoms with Crippen molar-refractivity contribution < 1.29 is 9.47 Å². The molecule has 0 aliphatic carbocycles. The van der Waals surface area contributed by atoms with Crippen LogP contribution in [0.15, 0.2) is 6.07 Å². The third-order valence-corrected chi connectivity index (χ3v) is 2.54. The van der Waals surface area contributed by atoms with Crippen molar-refractivity contribution in [2.24, 2.45) is 0 Å². The second-order valence-corrected chi connectivity index (χ2v) is 4.35. The lowest BCUT2D eigenvalue weighted by Gasteiger charge is -2.10. The molecule has 1 aromatic heterocycles. The quantitative estimate of drug-likeness (QED) is 0.716. The first kappa shape index (κ1) is 14.9. The molecular weight excluding hydrogens is 230 g/mol. The number of hydrogen-bond donors (Lipinski definition) is 1. The first-order valence-electron chi connectivity index (χ1n) is 6.29. The predicted molar refractivity (Wildman–Crippen MR) is 72.1 cm³/mol. The van der Waals surface area contributed by atoms with Crippen LogP contribution in [0.4, 0.5) is 5.82 Å². The first-order valence-corrected chi connectivity index (χ1v) is 6.29. The Morgan fingerprint density at radius 3 is 2.61 bits per heavy atom. The second kappa shape index (κ2) is 8.00. The van der Waals surface area contributed by atoms with E-state index in [2.05, 4.69) is 29.1 Å². The van der Waals surface area contributed by atoms with Gasteiger partial charge < -0.3 is 14.8 Å². The topological polar surface area (TPSA) is 56.3 Å². The van der Waals surface area contributed by atoms with E-state index in [-0.39, 0.29) is 0 Å². The van der Waals surface area contributed by atoms with Crippen molar-refractivity contribution >= 4 is 5.82 Å². The van der Waals surface area contributed by atoms with Crippen LogP contribution in [0.3, 0.4) is 0 Å². The Balaban J connectivity index is 2.56. The summed E-state index contributed by atoms with van der Waals surface area (Å²) in [5.41, 5.74) is 1.06. The molecule has 1 aromatic rings. The smallest absolute Gasteiger partial charge is 0.133 e. The van der Waals surface area contributed by atoms with Gasteiger partial charge in [-0.05, 0) is 5.92 Å². The third kappa shape index (κ3) is 4.98. The zero-order valence-corrected chi connectivity index (χ0v) is 11.7. The Hall–Kier alpha value is -1.20. The molecule has 0 fully saturated rings. The van der Waals surface area contributed by atoms with Crippen LogP contribution >= 0.6 is 0 Å². The van der Waals surface area contributed by atoms with Gasteiger partial charge in [0, 0.05) is 32.3 Å². The van der Waals surface area contributed by atoms with Crippen LogP contribution in [0.5, 0.6) is 0 Å². The van der Waals surface area contributed by atoms with Gasteiger partial charge in [-0.25, -0.2) is 9.97 Å². The summed E-state index contributed by atoms with van der Waals surface area (Å²) in [7, 11) is 3.53. The highest BCUT2D eigenvalue weighted by atomic mass is 16.5. The molecule has 5 nitrogen and oxygen atoms in total. The van der Waals surface area contributed by atoms with Gasteiger partial charge in [-0.3, -0.25) is 0 Å². The minimum atomic E-state index is 0.397. The van der Waals surface area contributed by atoms with Gasteiger partial charge in [0.2, 0.25) is 0 Å². The van der Waals surface area contributed by atoms with E-state index in [1.165, 1.54) is 0 Å². The molecule has 0 saturated carbocycles. The fourth-order valence-electron chi connectivity index (χ4n) is 1.46. The van der Waals surface area contributed by atoms with Crippen LogP contribution in [0, 0.1) is 0 Å². The van der Waals surface area contributed by atoms with Crippen LogP contribution in [0.2, 0.25) is 0 Å². The Bertz CT molecular complexity index is 356. The summed E-state index contributed by atoms with van der Waals surface area (Å²) >= 11 is 0. The van der Waals surface area contributed by atoms with Gasteiger partial charge in [0.1, 0.15) is 11.6 Å². The number of nitrogens with zero attached hydrogens (tertiary/aromatic N) is 2. The molecular formula is C13H23N3O2. The standard InChI is InChI=1S/C13H23N3O2/c1-10(2)11-9-13(14-3)16-12(15-11)5-6-18-8-7-17-4/h9-10H,5-8H2,1-4H3,(H,14,15,16). The summed E-state index contributed by atoms with van der Waals surface area (Å²) in [5, 5.41) is 3.06. The molecule has 18 heavy (non-hydrogen) atoms. The van der Waals surface area contributed by atoms with Crippen molar-refractivity contribution in [3.63, 3.8) is 0 Å². The number of anilines is 1. The number of rotatable bonds is 8. The maximum absolute atomic E-state index is 5.43. The molecule has 0 spiro atoms. The Morgan fingerprint density at radius 1 is 1.22 bits per heavy atom. The van der Waals surface area contributed by atoms with Crippen molar-refractivity contribution in [2.45, 2.75) is 26.2 Å². The SMILES string of the molecule is CNc1cc(C(C)C)nc(CCOCCOC)n1. The Morgan fingerprint density at radius 2 is 2.00 bits per heavy atom. The Kier molecular flexibility index (Phi) is 6.60. The highest BCUT2D eigenvalue weighted by molar-refractivity contribution is 5.36. The Labute approximate surface area is 109 Å². The lowest BCUT2D eigenvalue weighted by molar-refractivity contribution is 0.0716. The van der Waals surface area contributed by atoms with Gasteiger partial charge in [0.25, 0.3) is 0 Å². The molecule has 0 saturated heterocycles. The summed E-state index contributed by atoms with van der Waals surface area (Å²) in [6.45, 7) is 6.10. The number of nitrogens with one attached hydrogen (secondary N) is 1. The van der Waals surface area contributed by atoms with Gasteiger partial charge in [-0.2, -0.15) is 0 Å². The number of hydrogen-bond acceptors (Lipinski definition) is 5. The van der Waals surface area contributed by atoms with E-state index >= 15 is 0 Å². The van der Waals surface area contributed by atoms with E-state index in [1.807, 2.05) is 13.1 Å². The fraction of sp³-hybridized carbons (Fsp3) is 0.692. The highest BCUT2D eigenvalue weighted by Crippen LogP contribution is 2.15. The largest absolute Gasteiger partial charge is 0.382 e. The van der Waals surface area contributed by atoms with Crippen molar-refractivity contribution in [1.29, 1.82) is 0 Å². The van der Waals surface area contributed by atoms with E-state index in [1.54, 1.807) is 7.11 Å². The molecule has 5 heteroatoms. The lowest BCUT2D eigenvalue weighted by atomic mass is 10.1. The zero-order valence-electron chi connectivity index (χ0n) is 11.7. The summed E-state index contributed by atoms with van der Waals surface area (Å²) in [6.07, 6.45) is 0.721. The summed E-state index contributed by atoms with van der Waals surface area (Å²) < 4.78 is 10.3. The highest BCUT2D eigenvalue weighted by Gasteiger charge is 2.07. The van der Waals surface area contributed by atoms with Crippen LogP contribution in [-0.4, -0.2) is 43.9 Å².